The lowest BCUT2D eigenvalue weighted by Gasteiger charge is -2.22. The zero-order valence-corrected chi connectivity index (χ0v) is 11.4. The van der Waals surface area contributed by atoms with Crippen LogP contribution in [0.2, 0.25) is 0 Å². The number of primary amides is 1. The van der Waals surface area contributed by atoms with Crippen LogP contribution in [0.25, 0.3) is 0 Å². The maximum absolute atomic E-state index is 11.2. The number of rotatable bonds is 5. The Morgan fingerprint density at radius 3 is 2.48 bits per heavy atom. The quantitative estimate of drug-likeness (QED) is 0.795. The smallest absolute Gasteiger partial charge is 0.237 e. The van der Waals surface area contributed by atoms with E-state index in [-0.39, 0.29) is 6.54 Å². The summed E-state index contributed by atoms with van der Waals surface area (Å²) in [4.78, 5) is 17.2. The largest absolute Gasteiger partial charge is 0.399 e. The van der Waals surface area contributed by atoms with Gasteiger partial charge in [-0.2, -0.15) is 5.26 Å². The van der Waals surface area contributed by atoms with Gasteiger partial charge in [0.05, 0.1) is 12.1 Å². The van der Waals surface area contributed by atoms with Crippen molar-refractivity contribution in [1.29, 1.82) is 5.26 Å². The van der Waals surface area contributed by atoms with Crippen LogP contribution in [0.4, 0.5) is 11.5 Å². The first-order valence-corrected chi connectivity index (χ1v) is 6.32. The first kappa shape index (κ1) is 14.3. The van der Waals surface area contributed by atoms with E-state index in [0.717, 1.165) is 5.56 Å². The Labute approximate surface area is 122 Å². The third-order valence-corrected chi connectivity index (χ3v) is 2.90. The van der Waals surface area contributed by atoms with Crippen molar-refractivity contribution in [3.63, 3.8) is 0 Å². The Balaban J connectivity index is 2.22. The van der Waals surface area contributed by atoms with E-state index in [2.05, 4.69) is 4.98 Å². The second kappa shape index (κ2) is 6.39. The van der Waals surface area contributed by atoms with E-state index >= 15 is 0 Å². The third-order valence-electron chi connectivity index (χ3n) is 2.90. The molecule has 1 heterocycles. The number of nitriles is 1. The second-order valence-electron chi connectivity index (χ2n) is 4.58. The topological polar surface area (TPSA) is 109 Å². The fourth-order valence-corrected chi connectivity index (χ4v) is 1.89. The van der Waals surface area contributed by atoms with Gasteiger partial charge in [0.15, 0.2) is 0 Å². The highest BCUT2D eigenvalue weighted by Crippen LogP contribution is 2.15. The van der Waals surface area contributed by atoms with Gasteiger partial charge in [0.25, 0.3) is 0 Å². The van der Waals surface area contributed by atoms with Crippen molar-refractivity contribution in [2.24, 2.45) is 5.73 Å². The molecule has 0 aliphatic heterocycles. The van der Waals surface area contributed by atoms with E-state index in [1.54, 1.807) is 29.2 Å². The van der Waals surface area contributed by atoms with Crippen LogP contribution in [0.5, 0.6) is 0 Å². The molecular formula is C15H15N5O. The molecule has 0 unspecified atom stereocenters. The summed E-state index contributed by atoms with van der Waals surface area (Å²) < 4.78 is 0. The molecule has 0 fully saturated rings. The number of benzene rings is 1. The second-order valence-corrected chi connectivity index (χ2v) is 4.58. The van der Waals surface area contributed by atoms with Crippen LogP contribution < -0.4 is 16.4 Å². The Morgan fingerprint density at radius 2 is 1.95 bits per heavy atom. The van der Waals surface area contributed by atoms with Crippen molar-refractivity contribution in [2.45, 2.75) is 6.54 Å². The summed E-state index contributed by atoms with van der Waals surface area (Å²) in [6.45, 7) is 0.519. The highest BCUT2D eigenvalue weighted by atomic mass is 16.1. The number of amides is 1. The monoisotopic (exact) mass is 281 g/mol. The SMILES string of the molecule is N#Cc1ccc(N(CC(N)=O)Cc2ccc(N)cc2)nc1. The van der Waals surface area contributed by atoms with Gasteiger partial charge in [-0.05, 0) is 29.8 Å². The van der Waals surface area contributed by atoms with Gasteiger partial charge in [0.2, 0.25) is 5.91 Å². The lowest BCUT2D eigenvalue weighted by Crippen LogP contribution is -2.33. The van der Waals surface area contributed by atoms with E-state index in [4.69, 9.17) is 16.7 Å². The molecule has 4 N–H and O–H groups in total. The Kier molecular flexibility index (Phi) is 4.36. The first-order valence-electron chi connectivity index (χ1n) is 6.32. The molecule has 0 saturated carbocycles. The minimum Gasteiger partial charge on any atom is -0.399 e. The molecule has 0 aliphatic carbocycles. The first-order chi connectivity index (χ1) is 10.1. The summed E-state index contributed by atoms with van der Waals surface area (Å²) in [5, 5.41) is 8.78. The molecule has 21 heavy (non-hydrogen) atoms. The number of aromatic nitrogens is 1. The minimum atomic E-state index is -0.448. The average Bonchev–Trinajstić information content (AvgIpc) is 2.48. The zero-order chi connectivity index (χ0) is 15.2. The number of hydrogen-bond donors (Lipinski definition) is 2. The summed E-state index contributed by atoms with van der Waals surface area (Å²) in [6, 6.07) is 12.7. The van der Waals surface area contributed by atoms with Gasteiger partial charge in [0.1, 0.15) is 11.9 Å². The molecule has 0 spiro atoms. The molecule has 106 valence electrons. The Bertz CT molecular complexity index is 658. The number of carbonyl (C=O) groups is 1. The number of pyridine rings is 1. The average molecular weight is 281 g/mol. The van der Waals surface area contributed by atoms with Crippen LogP contribution in [-0.4, -0.2) is 17.4 Å². The minimum absolute atomic E-state index is 0.0449. The Hall–Kier alpha value is -3.07. The van der Waals surface area contributed by atoms with Gasteiger partial charge >= 0.3 is 0 Å². The van der Waals surface area contributed by atoms with E-state index in [9.17, 15) is 4.79 Å². The van der Waals surface area contributed by atoms with Crippen molar-refractivity contribution in [3.8, 4) is 6.07 Å². The molecule has 2 rings (SSSR count). The van der Waals surface area contributed by atoms with E-state index in [1.165, 1.54) is 6.20 Å². The number of nitrogen functional groups attached to an aromatic ring is 1. The van der Waals surface area contributed by atoms with Crippen LogP contribution in [0.3, 0.4) is 0 Å². The van der Waals surface area contributed by atoms with Crippen molar-refractivity contribution in [3.05, 3.63) is 53.7 Å². The third kappa shape index (κ3) is 3.94. The normalized spacial score (nSPS) is 9.86. The van der Waals surface area contributed by atoms with Gasteiger partial charge in [-0.3, -0.25) is 4.79 Å². The van der Waals surface area contributed by atoms with Crippen molar-refractivity contribution in [2.75, 3.05) is 17.2 Å². The van der Waals surface area contributed by atoms with Gasteiger partial charge < -0.3 is 16.4 Å². The van der Waals surface area contributed by atoms with Crippen LogP contribution in [0.15, 0.2) is 42.6 Å². The number of nitrogens with zero attached hydrogens (tertiary/aromatic N) is 3. The lowest BCUT2D eigenvalue weighted by molar-refractivity contribution is -0.116. The molecule has 2 aromatic rings. The number of hydrogen-bond acceptors (Lipinski definition) is 5. The van der Waals surface area contributed by atoms with E-state index in [1.807, 2.05) is 18.2 Å². The molecule has 6 nitrogen and oxygen atoms in total. The van der Waals surface area contributed by atoms with Crippen molar-refractivity contribution in [1.82, 2.24) is 4.98 Å². The summed E-state index contributed by atoms with van der Waals surface area (Å²) in [6.07, 6.45) is 1.46. The molecule has 1 aromatic heterocycles. The van der Waals surface area contributed by atoms with Gasteiger partial charge in [-0.15, -0.1) is 0 Å². The zero-order valence-electron chi connectivity index (χ0n) is 11.4. The predicted octanol–water partition coefficient (Wildman–Crippen LogP) is 1.03. The highest BCUT2D eigenvalue weighted by molar-refractivity contribution is 5.79. The standard InChI is InChI=1S/C15H15N5O/c16-7-12-3-6-15(19-8-12)20(10-14(18)21)9-11-1-4-13(17)5-2-11/h1-6,8H,9-10,17H2,(H2,18,21). The van der Waals surface area contributed by atoms with Gasteiger partial charge in [0, 0.05) is 18.4 Å². The molecular weight excluding hydrogens is 266 g/mol. The molecule has 0 aliphatic rings. The van der Waals surface area contributed by atoms with Crippen molar-refractivity contribution >= 4 is 17.4 Å². The molecule has 0 bridgehead atoms. The molecule has 6 heteroatoms. The lowest BCUT2D eigenvalue weighted by atomic mass is 10.2. The maximum Gasteiger partial charge on any atom is 0.237 e. The molecule has 0 radical (unpaired) electrons. The van der Waals surface area contributed by atoms with Crippen LogP contribution in [0, 0.1) is 11.3 Å². The fraction of sp³-hybridized carbons (Fsp3) is 0.133. The molecule has 1 amide bonds. The van der Waals surface area contributed by atoms with Crippen molar-refractivity contribution < 1.29 is 4.79 Å². The van der Waals surface area contributed by atoms with Crippen LogP contribution in [0.1, 0.15) is 11.1 Å². The van der Waals surface area contributed by atoms with Crippen LogP contribution in [-0.2, 0) is 11.3 Å². The summed E-state index contributed by atoms with van der Waals surface area (Å²) in [5.74, 6) is 0.140. The highest BCUT2D eigenvalue weighted by Gasteiger charge is 2.11. The molecule has 0 atom stereocenters. The van der Waals surface area contributed by atoms with Gasteiger partial charge in [-0.25, -0.2) is 4.98 Å². The molecule has 0 saturated heterocycles. The molecule has 1 aromatic carbocycles. The summed E-state index contributed by atoms with van der Waals surface area (Å²) in [5.41, 5.74) is 13.1. The van der Waals surface area contributed by atoms with E-state index in [0.29, 0.717) is 23.6 Å². The predicted molar refractivity (Wildman–Crippen MR) is 80.1 cm³/mol. The summed E-state index contributed by atoms with van der Waals surface area (Å²) >= 11 is 0. The number of anilines is 2. The number of carbonyl (C=O) groups excluding carboxylic acids is 1. The van der Waals surface area contributed by atoms with Gasteiger partial charge in [-0.1, -0.05) is 12.1 Å². The van der Waals surface area contributed by atoms with E-state index < -0.39 is 5.91 Å². The van der Waals surface area contributed by atoms with Crippen LogP contribution >= 0.6 is 0 Å². The fourth-order valence-electron chi connectivity index (χ4n) is 1.89. The Morgan fingerprint density at radius 1 is 1.24 bits per heavy atom. The number of nitrogens with two attached hydrogens (primary N) is 2. The maximum atomic E-state index is 11.2. The summed E-state index contributed by atoms with van der Waals surface area (Å²) in [7, 11) is 0.